The van der Waals surface area contributed by atoms with Gasteiger partial charge in [0.15, 0.2) is 5.96 Å². The molecule has 1 amide bonds. The monoisotopic (exact) mass is 417 g/mol. The van der Waals surface area contributed by atoms with E-state index in [9.17, 15) is 4.79 Å². The van der Waals surface area contributed by atoms with Gasteiger partial charge < -0.3 is 20.0 Å². The van der Waals surface area contributed by atoms with Crippen LogP contribution in [0.2, 0.25) is 0 Å². The van der Waals surface area contributed by atoms with Gasteiger partial charge in [-0.05, 0) is 50.4 Å². The van der Waals surface area contributed by atoms with E-state index in [0.29, 0.717) is 5.92 Å². The smallest absolute Gasteiger partial charge is 0.243 e. The summed E-state index contributed by atoms with van der Waals surface area (Å²) < 4.78 is 0. The van der Waals surface area contributed by atoms with E-state index in [-0.39, 0.29) is 12.5 Å². The van der Waals surface area contributed by atoms with Gasteiger partial charge >= 0.3 is 0 Å². The minimum Gasteiger partial charge on any atom is -0.355 e. The van der Waals surface area contributed by atoms with Crippen molar-refractivity contribution in [1.82, 2.24) is 20.0 Å². The van der Waals surface area contributed by atoms with Crippen molar-refractivity contribution in [2.24, 2.45) is 10.9 Å². The van der Waals surface area contributed by atoms with Gasteiger partial charge in [-0.25, -0.2) is 4.99 Å². The number of likely N-dealkylation sites (tertiary alicyclic amines) is 2. The molecule has 160 valence electrons. The van der Waals surface area contributed by atoms with Crippen molar-refractivity contribution in [2.75, 3.05) is 65.7 Å². The molecule has 0 aliphatic carbocycles. The highest BCUT2D eigenvalue weighted by molar-refractivity contribution is 7.99. The maximum absolute atomic E-state index is 12.0. The summed E-state index contributed by atoms with van der Waals surface area (Å²) >= 11 is 1.84. The Morgan fingerprint density at radius 1 is 1.21 bits per heavy atom. The maximum Gasteiger partial charge on any atom is 0.243 e. The number of rotatable bonds is 8. The van der Waals surface area contributed by atoms with Gasteiger partial charge in [0.1, 0.15) is 6.54 Å². The third-order valence-corrected chi connectivity index (χ3v) is 6.57. The molecule has 0 aromatic heterocycles. The molecule has 2 fully saturated rings. The Hall–Kier alpha value is -1.73. The molecule has 0 bridgehead atoms. The van der Waals surface area contributed by atoms with Gasteiger partial charge in [-0.3, -0.25) is 4.79 Å². The molecule has 1 aromatic rings. The summed E-state index contributed by atoms with van der Waals surface area (Å²) in [6, 6.07) is 10.5. The van der Waals surface area contributed by atoms with Crippen LogP contribution < -0.4 is 5.32 Å². The SMILES string of the molecule is CN(C)C(=O)CN=C(NCCSc1ccccc1)N1CCC(CN2CCCC2)C1. The number of guanidine groups is 1. The molecule has 29 heavy (non-hydrogen) atoms. The Labute approximate surface area is 179 Å². The number of hydrogen-bond donors (Lipinski definition) is 1. The number of hydrogen-bond acceptors (Lipinski definition) is 4. The topological polar surface area (TPSA) is 51.2 Å². The molecule has 1 atom stereocenters. The summed E-state index contributed by atoms with van der Waals surface area (Å²) in [6.45, 7) is 6.80. The van der Waals surface area contributed by atoms with Crippen LogP contribution in [-0.2, 0) is 4.79 Å². The molecule has 2 saturated heterocycles. The van der Waals surface area contributed by atoms with Crippen LogP contribution in [0.15, 0.2) is 40.2 Å². The third-order valence-electron chi connectivity index (χ3n) is 5.56. The minimum absolute atomic E-state index is 0.0378. The van der Waals surface area contributed by atoms with Crippen molar-refractivity contribution in [3.05, 3.63) is 30.3 Å². The van der Waals surface area contributed by atoms with E-state index in [4.69, 9.17) is 0 Å². The summed E-state index contributed by atoms with van der Waals surface area (Å²) in [5.41, 5.74) is 0. The molecule has 6 nitrogen and oxygen atoms in total. The first-order valence-electron chi connectivity index (χ1n) is 10.8. The van der Waals surface area contributed by atoms with Gasteiger partial charge in [-0.1, -0.05) is 18.2 Å². The van der Waals surface area contributed by atoms with Crippen molar-refractivity contribution in [2.45, 2.75) is 24.2 Å². The average Bonchev–Trinajstić information content (AvgIpc) is 3.40. The number of thioether (sulfide) groups is 1. The van der Waals surface area contributed by atoms with Crippen molar-refractivity contribution >= 4 is 23.6 Å². The van der Waals surface area contributed by atoms with Gasteiger partial charge in [-0.2, -0.15) is 0 Å². The van der Waals surface area contributed by atoms with Crippen LogP contribution >= 0.6 is 11.8 Å². The first-order chi connectivity index (χ1) is 14.1. The van der Waals surface area contributed by atoms with Crippen LogP contribution in [0.1, 0.15) is 19.3 Å². The Morgan fingerprint density at radius 3 is 2.69 bits per heavy atom. The summed E-state index contributed by atoms with van der Waals surface area (Å²) in [4.78, 5) is 24.5. The maximum atomic E-state index is 12.0. The van der Waals surface area contributed by atoms with E-state index >= 15 is 0 Å². The number of carbonyl (C=O) groups is 1. The van der Waals surface area contributed by atoms with Crippen molar-refractivity contribution < 1.29 is 4.79 Å². The molecule has 0 saturated carbocycles. The second-order valence-corrected chi connectivity index (χ2v) is 9.29. The lowest BCUT2D eigenvalue weighted by Gasteiger charge is -2.24. The Morgan fingerprint density at radius 2 is 1.97 bits per heavy atom. The molecule has 0 spiro atoms. The van der Waals surface area contributed by atoms with E-state index < -0.39 is 0 Å². The first kappa shape index (κ1) is 22.0. The Balaban J connectivity index is 1.51. The first-order valence-corrected chi connectivity index (χ1v) is 11.7. The molecule has 2 aliphatic heterocycles. The van der Waals surface area contributed by atoms with E-state index in [2.05, 4.69) is 44.4 Å². The highest BCUT2D eigenvalue weighted by atomic mass is 32.2. The molecule has 0 radical (unpaired) electrons. The fourth-order valence-corrected chi connectivity index (χ4v) is 4.69. The van der Waals surface area contributed by atoms with Crippen LogP contribution in [-0.4, -0.2) is 92.2 Å². The van der Waals surface area contributed by atoms with Gasteiger partial charge in [0.2, 0.25) is 5.91 Å². The van der Waals surface area contributed by atoms with E-state index in [0.717, 1.165) is 31.3 Å². The molecule has 2 heterocycles. The second kappa shape index (κ2) is 11.5. The van der Waals surface area contributed by atoms with E-state index in [1.807, 2.05) is 17.8 Å². The summed E-state index contributed by atoms with van der Waals surface area (Å²) in [5, 5.41) is 3.51. The quantitative estimate of drug-likeness (QED) is 0.304. The number of carbonyl (C=O) groups excluding carboxylic acids is 1. The standard InChI is InChI=1S/C22H35N5OS/c1-25(2)21(28)16-24-22(23-11-15-29-20-8-4-3-5-9-20)27-14-10-19(18-27)17-26-12-6-7-13-26/h3-5,8-9,19H,6-7,10-18H2,1-2H3,(H,23,24). The minimum atomic E-state index is 0.0378. The molecular formula is C22H35N5OS. The van der Waals surface area contributed by atoms with Gasteiger partial charge in [0.05, 0.1) is 0 Å². The Bertz CT molecular complexity index is 660. The number of benzene rings is 1. The van der Waals surface area contributed by atoms with Gasteiger partial charge in [0.25, 0.3) is 0 Å². The predicted octanol–water partition coefficient (Wildman–Crippen LogP) is 2.23. The zero-order valence-electron chi connectivity index (χ0n) is 17.8. The highest BCUT2D eigenvalue weighted by Gasteiger charge is 2.27. The number of nitrogens with one attached hydrogen (secondary N) is 1. The fraction of sp³-hybridized carbons (Fsp3) is 0.636. The summed E-state index contributed by atoms with van der Waals surface area (Å²) in [7, 11) is 3.56. The predicted molar refractivity (Wildman–Crippen MR) is 122 cm³/mol. The molecule has 1 unspecified atom stereocenters. The lowest BCUT2D eigenvalue weighted by Crippen LogP contribution is -2.42. The van der Waals surface area contributed by atoms with Crippen LogP contribution in [0.4, 0.5) is 0 Å². The Kier molecular flexibility index (Phi) is 8.68. The number of amides is 1. The highest BCUT2D eigenvalue weighted by Crippen LogP contribution is 2.20. The zero-order valence-corrected chi connectivity index (χ0v) is 18.7. The summed E-state index contributed by atoms with van der Waals surface area (Å²) in [6.07, 6.45) is 3.89. The number of likely N-dealkylation sites (N-methyl/N-ethyl adjacent to an activating group) is 1. The molecular weight excluding hydrogens is 382 g/mol. The normalized spacial score (nSPS) is 20.3. The number of aliphatic imine (C=N–C) groups is 1. The fourth-order valence-electron chi connectivity index (χ4n) is 3.90. The van der Waals surface area contributed by atoms with Crippen LogP contribution in [0.5, 0.6) is 0 Å². The lowest BCUT2D eigenvalue weighted by molar-refractivity contribution is -0.127. The van der Waals surface area contributed by atoms with E-state index in [1.54, 1.807) is 19.0 Å². The zero-order chi connectivity index (χ0) is 20.5. The van der Waals surface area contributed by atoms with E-state index in [1.165, 1.54) is 43.8 Å². The lowest BCUT2D eigenvalue weighted by atomic mass is 10.1. The van der Waals surface area contributed by atoms with Crippen LogP contribution in [0, 0.1) is 5.92 Å². The number of nitrogens with zero attached hydrogens (tertiary/aromatic N) is 4. The second-order valence-electron chi connectivity index (χ2n) is 8.12. The van der Waals surface area contributed by atoms with Crippen LogP contribution in [0.3, 0.4) is 0 Å². The largest absolute Gasteiger partial charge is 0.355 e. The van der Waals surface area contributed by atoms with Gasteiger partial charge in [0, 0.05) is 50.9 Å². The molecule has 7 heteroatoms. The summed E-state index contributed by atoms with van der Waals surface area (Å²) in [5.74, 6) is 2.59. The molecule has 1 aromatic carbocycles. The molecule has 3 rings (SSSR count). The third kappa shape index (κ3) is 7.23. The van der Waals surface area contributed by atoms with Crippen molar-refractivity contribution in [1.29, 1.82) is 0 Å². The molecule has 1 N–H and O–H groups in total. The van der Waals surface area contributed by atoms with Crippen LogP contribution in [0.25, 0.3) is 0 Å². The van der Waals surface area contributed by atoms with Crippen molar-refractivity contribution in [3.8, 4) is 0 Å². The van der Waals surface area contributed by atoms with Gasteiger partial charge in [-0.15, -0.1) is 11.8 Å². The average molecular weight is 418 g/mol. The van der Waals surface area contributed by atoms with Crippen molar-refractivity contribution in [3.63, 3.8) is 0 Å². The molecule has 2 aliphatic rings.